The molecule has 0 aromatic rings. The maximum absolute atomic E-state index is 11.9. The molecule has 0 aromatic carbocycles. The van der Waals surface area contributed by atoms with Gasteiger partial charge in [0, 0.05) is 12.3 Å². The van der Waals surface area contributed by atoms with Gasteiger partial charge in [-0.15, -0.1) is 11.6 Å². The molecule has 5 atom stereocenters. The summed E-state index contributed by atoms with van der Waals surface area (Å²) in [6.45, 7) is 2.49. The highest BCUT2D eigenvalue weighted by atomic mass is 35.5. The Morgan fingerprint density at radius 2 is 1.96 bits per heavy atom. The van der Waals surface area contributed by atoms with E-state index in [9.17, 15) is 4.79 Å². The number of allylic oxidation sites excluding steroid dienone is 3. The summed E-state index contributed by atoms with van der Waals surface area (Å²) in [5.41, 5.74) is 3.31. The summed E-state index contributed by atoms with van der Waals surface area (Å²) in [7, 11) is 0. The van der Waals surface area contributed by atoms with Crippen molar-refractivity contribution in [2.45, 2.75) is 58.3 Å². The van der Waals surface area contributed by atoms with Crippen molar-refractivity contribution in [3.8, 4) is 0 Å². The highest BCUT2D eigenvalue weighted by Gasteiger charge is 2.54. The van der Waals surface area contributed by atoms with Crippen molar-refractivity contribution in [2.24, 2.45) is 29.1 Å². The van der Waals surface area contributed by atoms with Crippen molar-refractivity contribution in [3.63, 3.8) is 0 Å². The Balaban J connectivity index is 1.64. The second-order valence-corrected chi connectivity index (χ2v) is 8.95. The summed E-state index contributed by atoms with van der Waals surface area (Å²) in [5.74, 6) is 3.82. The zero-order valence-electron chi connectivity index (χ0n) is 13.9. The highest BCUT2D eigenvalue weighted by Crippen LogP contribution is 2.63. The van der Waals surface area contributed by atoms with Crippen LogP contribution in [0.25, 0.3) is 0 Å². The fraction of sp³-hybridized carbons (Fsp3) is 0.750. The third-order valence-corrected chi connectivity index (χ3v) is 8.19. The molecule has 3 fully saturated rings. The molecule has 0 N–H and O–H groups in total. The van der Waals surface area contributed by atoms with Crippen LogP contribution in [-0.4, -0.2) is 11.7 Å². The minimum Gasteiger partial charge on any atom is -0.293 e. The van der Waals surface area contributed by atoms with Crippen LogP contribution in [0.1, 0.15) is 58.3 Å². The molecule has 126 valence electrons. The Bertz CT molecular complexity index is 590. The average molecular weight is 353 g/mol. The number of ketones is 1. The van der Waals surface area contributed by atoms with Gasteiger partial charge in [-0.2, -0.15) is 0 Å². The molecular formula is C20H26Cl2O. The summed E-state index contributed by atoms with van der Waals surface area (Å²) in [5, 5.41) is 0.599. The van der Waals surface area contributed by atoms with Gasteiger partial charge >= 0.3 is 0 Å². The first-order valence-corrected chi connectivity index (χ1v) is 10.1. The number of rotatable bonds is 1. The second-order valence-electron chi connectivity index (χ2n) is 8.26. The molecule has 0 radical (unpaired) electrons. The van der Waals surface area contributed by atoms with E-state index < -0.39 is 0 Å². The molecule has 0 aliphatic heterocycles. The zero-order chi connectivity index (χ0) is 16.2. The van der Waals surface area contributed by atoms with Crippen LogP contribution in [0.2, 0.25) is 0 Å². The third kappa shape index (κ3) is 2.37. The minimum atomic E-state index is 0.185. The summed E-state index contributed by atoms with van der Waals surface area (Å²) in [4.78, 5) is 11.9. The van der Waals surface area contributed by atoms with Crippen LogP contribution >= 0.6 is 23.2 Å². The topological polar surface area (TPSA) is 17.1 Å². The van der Waals surface area contributed by atoms with Gasteiger partial charge in [0.1, 0.15) is 0 Å². The van der Waals surface area contributed by atoms with Gasteiger partial charge in [0.25, 0.3) is 0 Å². The van der Waals surface area contributed by atoms with Gasteiger partial charge in [-0.3, -0.25) is 4.79 Å². The number of carbonyl (C=O) groups excluding carboxylic acids is 1. The Hall–Kier alpha value is -0.270. The van der Waals surface area contributed by atoms with Gasteiger partial charge < -0.3 is 0 Å². The molecule has 0 bridgehead atoms. The normalized spacial score (nSPS) is 45.0. The lowest BCUT2D eigenvalue weighted by molar-refractivity contribution is -0.116. The highest BCUT2D eigenvalue weighted by molar-refractivity contribution is 6.43. The molecule has 3 saturated carbocycles. The van der Waals surface area contributed by atoms with E-state index in [0.29, 0.717) is 28.7 Å². The fourth-order valence-electron chi connectivity index (χ4n) is 6.51. The third-order valence-electron chi connectivity index (χ3n) is 7.58. The molecule has 0 spiro atoms. The van der Waals surface area contributed by atoms with Crippen molar-refractivity contribution in [2.75, 3.05) is 5.88 Å². The molecule has 0 saturated heterocycles. The smallest absolute Gasteiger partial charge is 0.174 e. The van der Waals surface area contributed by atoms with E-state index in [-0.39, 0.29) is 5.78 Å². The minimum absolute atomic E-state index is 0.185. The van der Waals surface area contributed by atoms with Gasteiger partial charge in [0.05, 0.1) is 5.03 Å². The van der Waals surface area contributed by atoms with E-state index in [4.69, 9.17) is 23.2 Å². The lowest BCUT2D eigenvalue weighted by Crippen LogP contribution is -2.45. The average Bonchev–Trinajstić information content (AvgIpc) is 2.88. The number of alkyl halides is 1. The molecule has 4 rings (SSSR count). The number of hydrogen-bond donors (Lipinski definition) is 0. The van der Waals surface area contributed by atoms with Crippen LogP contribution in [0.15, 0.2) is 22.3 Å². The van der Waals surface area contributed by atoms with Crippen molar-refractivity contribution in [1.29, 1.82) is 0 Å². The monoisotopic (exact) mass is 352 g/mol. The zero-order valence-corrected chi connectivity index (χ0v) is 15.4. The van der Waals surface area contributed by atoms with Crippen molar-refractivity contribution in [3.05, 3.63) is 22.3 Å². The Morgan fingerprint density at radius 1 is 1.13 bits per heavy atom. The SMILES string of the molecule is C[C@]12CC[C@H]3[C@@H](CCC4=C(Cl)C(=O)CC[C@@H]43)[C@@H]1CCC2=CCCl. The summed E-state index contributed by atoms with van der Waals surface area (Å²) < 4.78 is 0. The molecule has 0 unspecified atom stereocenters. The molecule has 0 heterocycles. The molecule has 1 nitrogen and oxygen atoms in total. The van der Waals surface area contributed by atoms with Gasteiger partial charge in [-0.1, -0.05) is 30.2 Å². The molecule has 3 heteroatoms. The number of Topliss-reactive ketones (excluding diaryl/α,β-unsaturated/α-hetero) is 1. The van der Waals surface area contributed by atoms with Crippen LogP contribution in [0, 0.1) is 29.1 Å². The first-order valence-electron chi connectivity index (χ1n) is 9.23. The Morgan fingerprint density at radius 3 is 2.74 bits per heavy atom. The lowest BCUT2D eigenvalue weighted by atomic mass is 9.52. The maximum Gasteiger partial charge on any atom is 0.174 e. The standard InChI is InChI=1S/C20H26Cl2O/c1-20-10-8-14-13-5-7-18(23)19(22)16(13)4-3-15(14)17(20)6-2-12(20)9-11-21/h9,13-15,17H,2-8,10-11H2,1H3/t13-,14-,15-,17+,20-/m1/s1. The maximum atomic E-state index is 11.9. The van der Waals surface area contributed by atoms with Gasteiger partial charge in [0.15, 0.2) is 5.78 Å². The number of hydrogen-bond acceptors (Lipinski definition) is 1. The number of carbonyl (C=O) groups is 1. The summed E-state index contributed by atoms with van der Waals surface area (Å²) in [6, 6.07) is 0. The number of fused-ring (bicyclic) bond motifs is 5. The van der Waals surface area contributed by atoms with Crippen LogP contribution in [0.3, 0.4) is 0 Å². The first-order chi connectivity index (χ1) is 11.1. The predicted molar refractivity (Wildman–Crippen MR) is 95.7 cm³/mol. The van der Waals surface area contributed by atoms with Crippen LogP contribution in [-0.2, 0) is 4.79 Å². The van der Waals surface area contributed by atoms with Gasteiger partial charge in [0.2, 0.25) is 0 Å². The Kier molecular flexibility index (Phi) is 4.17. The van der Waals surface area contributed by atoms with Gasteiger partial charge in [-0.05, 0) is 79.6 Å². The van der Waals surface area contributed by atoms with E-state index >= 15 is 0 Å². The molecule has 0 amide bonds. The van der Waals surface area contributed by atoms with Crippen molar-refractivity contribution >= 4 is 29.0 Å². The van der Waals surface area contributed by atoms with Crippen LogP contribution in [0.4, 0.5) is 0 Å². The molecule has 4 aliphatic rings. The van der Waals surface area contributed by atoms with Gasteiger partial charge in [-0.25, -0.2) is 0 Å². The molecule has 23 heavy (non-hydrogen) atoms. The van der Waals surface area contributed by atoms with E-state index in [1.54, 1.807) is 5.57 Å². The lowest BCUT2D eigenvalue weighted by Gasteiger charge is -2.53. The first kappa shape index (κ1) is 16.2. The van der Waals surface area contributed by atoms with Crippen LogP contribution in [0.5, 0.6) is 0 Å². The second kappa shape index (κ2) is 5.92. The molecule has 0 aromatic heterocycles. The fourth-order valence-corrected chi connectivity index (χ4v) is 7.03. The molecule has 4 aliphatic carbocycles. The summed E-state index contributed by atoms with van der Waals surface area (Å²) in [6.07, 6.45) is 11.4. The van der Waals surface area contributed by atoms with Crippen molar-refractivity contribution < 1.29 is 4.79 Å². The largest absolute Gasteiger partial charge is 0.293 e. The number of halogens is 2. The van der Waals surface area contributed by atoms with E-state index in [1.165, 1.54) is 37.7 Å². The quantitative estimate of drug-likeness (QED) is 0.426. The predicted octanol–water partition coefficient (Wildman–Crippen LogP) is 5.86. The van der Waals surface area contributed by atoms with E-state index in [1.807, 2.05) is 0 Å². The van der Waals surface area contributed by atoms with Crippen molar-refractivity contribution in [1.82, 2.24) is 0 Å². The molecular weight excluding hydrogens is 327 g/mol. The van der Waals surface area contributed by atoms with E-state index in [2.05, 4.69) is 13.0 Å². The summed E-state index contributed by atoms with van der Waals surface area (Å²) >= 11 is 12.4. The Labute approximate surface area is 149 Å². The van der Waals surface area contributed by atoms with E-state index in [0.717, 1.165) is 30.6 Å². The van der Waals surface area contributed by atoms with Crippen LogP contribution < -0.4 is 0 Å².